The number of hydrogen-bond donors (Lipinski definition) is 3. The van der Waals surface area contributed by atoms with E-state index in [0.29, 0.717) is 5.69 Å². The number of nitrogens with two attached hydrogens (primary N) is 2. The van der Waals surface area contributed by atoms with Crippen molar-refractivity contribution < 1.29 is 14.3 Å². The van der Waals surface area contributed by atoms with Crippen LogP contribution in [0.1, 0.15) is 16.8 Å². The lowest BCUT2D eigenvalue weighted by atomic mass is 10.1. The largest absolute Gasteiger partial charge is 0.461 e. The van der Waals surface area contributed by atoms with Gasteiger partial charge in [-0.15, -0.1) is 0 Å². The topological polar surface area (TPSA) is 107 Å². The van der Waals surface area contributed by atoms with E-state index in [2.05, 4.69) is 5.32 Å². The average Bonchev–Trinajstić information content (AvgIpc) is 2.28. The van der Waals surface area contributed by atoms with Crippen molar-refractivity contribution in [1.82, 2.24) is 5.32 Å². The zero-order chi connectivity index (χ0) is 12.8. The molecule has 0 heterocycles. The minimum absolute atomic E-state index is 0.0162. The number of benzene rings is 1. The zero-order valence-electron chi connectivity index (χ0n) is 9.53. The van der Waals surface area contributed by atoms with E-state index in [1.807, 2.05) is 0 Å². The van der Waals surface area contributed by atoms with Crippen molar-refractivity contribution in [2.45, 2.75) is 6.42 Å². The molecule has 0 fully saturated rings. The minimum atomic E-state index is -0.564. The van der Waals surface area contributed by atoms with Crippen LogP contribution in [0.5, 0.6) is 0 Å². The van der Waals surface area contributed by atoms with Crippen LogP contribution in [-0.4, -0.2) is 25.5 Å². The van der Waals surface area contributed by atoms with Gasteiger partial charge in [-0.1, -0.05) is 0 Å². The number of esters is 1. The summed E-state index contributed by atoms with van der Waals surface area (Å²) in [6.45, 7) is 0.0162. The molecular weight excluding hydrogens is 222 g/mol. The normalized spacial score (nSPS) is 9.71. The summed E-state index contributed by atoms with van der Waals surface area (Å²) in [7, 11) is 1.52. The molecule has 0 bridgehead atoms. The highest BCUT2D eigenvalue weighted by Crippen LogP contribution is 2.16. The van der Waals surface area contributed by atoms with Crippen LogP contribution in [0.2, 0.25) is 0 Å². The van der Waals surface area contributed by atoms with Crippen molar-refractivity contribution in [1.29, 1.82) is 0 Å². The number of carbonyl (C=O) groups excluding carboxylic acids is 2. The molecule has 1 rings (SSSR count). The average molecular weight is 237 g/mol. The Morgan fingerprint density at radius 2 is 2.06 bits per heavy atom. The van der Waals surface area contributed by atoms with Gasteiger partial charge in [-0.05, 0) is 18.2 Å². The number of hydrogen-bond acceptors (Lipinski definition) is 5. The second-order valence-electron chi connectivity index (χ2n) is 3.41. The van der Waals surface area contributed by atoms with E-state index >= 15 is 0 Å². The monoisotopic (exact) mass is 237 g/mol. The first-order valence-corrected chi connectivity index (χ1v) is 5.07. The predicted molar refractivity (Wildman–Crippen MR) is 64.2 cm³/mol. The van der Waals surface area contributed by atoms with Crippen LogP contribution in [0.25, 0.3) is 0 Å². The maximum Gasteiger partial charge on any atom is 0.340 e. The Labute approximate surface area is 98.9 Å². The molecule has 6 heteroatoms. The van der Waals surface area contributed by atoms with Gasteiger partial charge in [0.15, 0.2) is 0 Å². The van der Waals surface area contributed by atoms with Crippen LogP contribution in [0.15, 0.2) is 18.2 Å². The molecule has 0 saturated carbocycles. The van der Waals surface area contributed by atoms with Crippen LogP contribution in [0, 0.1) is 0 Å². The van der Waals surface area contributed by atoms with Crippen molar-refractivity contribution in [3.63, 3.8) is 0 Å². The van der Waals surface area contributed by atoms with Crippen molar-refractivity contribution >= 4 is 23.3 Å². The van der Waals surface area contributed by atoms with Crippen molar-refractivity contribution in [3.05, 3.63) is 23.8 Å². The lowest BCUT2D eigenvalue weighted by Crippen LogP contribution is -2.20. The van der Waals surface area contributed by atoms with Crippen LogP contribution in [0.3, 0.4) is 0 Å². The predicted octanol–water partition coefficient (Wildman–Crippen LogP) is 0.144. The SMILES string of the molecule is CNC(=O)CCOC(=O)c1ccc(N)cc1N. The van der Waals surface area contributed by atoms with E-state index in [4.69, 9.17) is 16.2 Å². The number of rotatable bonds is 4. The fourth-order valence-electron chi connectivity index (χ4n) is 1.21. The third kappa shape index (κ3) is 3.67. The summed E-state index contributed by atoms with van der Waals surface area (Å²) in [5, 5.41) is 2.43. The highest BCUT2D eigenvalue weighted by molar-refractivity contribution is 5.95. The molecule has 1 amide bonds. The Morgan fingerprint density at radius 1 is 1.35 bits per heavy atom. The van der Waals surface area contributed by atoms with Gasteiger partial charge in [0, 0.05) is 18.4 Å². The summed E-state index contributed by atoms with van der Waals surface area (Å²) in [6, 6.07) is 4.54. The van der Waals surface area contributed by atoms with E-state index in [0.717, 1.165) is 0 Å². The Hall–Kier alpha value is -2.24. The molecular formula is C11H15N3O3. The number of carbonyl (C=O) groups is 2. The van der Waals surface area contributed by atoms with Gasteiger partial charge in [-0.25, -0.2) is 4.79 Å². The van der Waals surface area contributed by atoms with Crippen LogP contribution < -0.4 is 16.8 Å². The van der Waals surface area contributed by atoms with E-state index in [-0.39, 0.29) is 30.2 Å². The molecule has 5 N–H and O–H groups in total. The molecule has 17 heavy (non-hydrogen) atoms. The maximum atomic E-state index is 11.6. The molecule has 0 radical (unpaired) electrons. The summed E-state index contributed by atoms with van der Waals surface area (Å²) in [5.74, 6) is -0.755. The Balaban J connectivity index is 2.55. The van der Waals surface area contributed by atoms with Crippen LogP contribution >= 0.6 is 0 Å². The molecule has 0 unspecified atom stereocenters. The molecule has 6 nitrogen and oxygen atoms in total. The first-order valence-electron chi connectivity index (χ1n) is 5.07. The second-order valence-corrected chi connectivity index (χ2v) is 3.41. The highest BCUT2D eigenvalue weighted by atomic mass is 16.5. The molecule has 0 aliphatic carbocycles. The van der Waals surface area contributed by atoms with Crippen molar-refractivity contribution in [2.24, 2.45) is 0 Å². The van der Waals surface area contributed by atoms with E-state index in [1.54, 1.807) is 6.07 Å². The zero-order valence-corrected chi connectivity index (χ0v) is 9.53. The third-order valence-electron chi connectivity index (χ3n) is 2.14. The summed E-state index contributed by atoms with van der Waals surface area (Å²) >= 11 is 0. The molecule has 1 aromatic rings. The van der Waals surface area contributed by atoms with Crippen molar-refractivity contribution in [3.8, 4) is 0 Å². The number of ether oxygens (including phenoxy) is 1. The quantitative estimate of drug-likeness (QED) is 0.510. The first-order chi connectivity index (χ1) is 8.04. The maximum absolute atomic E-state index is 11.6. The Kier molecular flexibility index (Phi) is 4.33. The van der Waals surface area contributed by atoms with Gasteiger partial charge in [-0.2, -0.15) is 0 Å². The Bertz CT molecular complexity index is 432. The van der Waals surface area contributed by atoms with Gasteiger partial charge >= 0.3 is 5.97 Å². The third-order valence-corrected chi connectivity index (χ3v) is 2.14. The molecule has 0 atom stereocenters. The minimum Gasteiger partial charge on any atom is -0.461 e. The lowest BCUT2D eigenvalue weighted by Gasteiger charge is -2.07. The van der Waals surface area contributed by atoms with Gasteiger partial charge in [0.1, 0.15) is 6.61 Å². The summed E-state index contributed by atoms with van der Waals surface area (Å²) < 4.78 is 4.90. The van der Waals surface area contributed by atoms with E-state index in [1.165, 1.54) is 19.2 Å². The Morgan fingerprint density at radius 3 is 2.65 bits per heavy atom. The highest BCUT2D eigenvalue weighted by Gasteiger charge is 2.11. The van der Waals surface area contributed by atoms with Gasteiger partial charge in [-0.3, -0.25) is 4.79 Å². The van der Waals surface area contributed by atoms with Gasteiger partial charge in [0.2, 0.25) is 5.91 Å². The van der Waals surface area contributed by atoms with Crippen LogP contribution in [-0.2, 0) is 9.53 Å². The second kappa shape index (κ2) is 5.74. The molecule has 92 valence electrons. The van der Waals surface area contributed by atoms with Gasteiger partial charge in [0.25, 0.3) is 0 Å². The molecule has 1 aromatic carbocycles. The smallest absolute Gasteiger partial charge is 0.340 e. The number of nitrogens with one attached hydrogen (secondary N) is 1. The number of anilines is 2. The summed E-state index contributed by atoms with van der Waals surface area (Å²) in [4.78, 5) is 22.5. The van der Waals surface area contributed by atoms with Gasteiger partial charge in [0.05, 0.1) is 12.0 Å². The van der Waals surface area contributed by atoms with E-state index < -0.39 is 5.97 Å². The lowest BCUT2D eigenvalue weighted by molar-refractivity contribution is -0.121. The fourth-order valence-corrected chi connectivity index (χ4v) is 1.21. The number of nitrogen functional groups attached to an aromatic ring is 2. The fraction of sp³-hybridized carbons (Fsp3) is 0.273. The molecule has 0 aromatic heterocycles. The van der Waals surface area contributed by atoms with E-state index in [9.17, 15) is 9.59 Å². The van der Waals surface area contributed by atoms with Crippen molar-refractivity contribution in [2.75, 3.05) is 25.1 Å². The molecule has 0 saturated heterocycles. The standard InChI is InChI=1S/C11H15N3O3/c1-14-10(15)4-5-17-11(16)8-3-2-7(12)6-9(8)13/h2-3,6H,4-5,12-13H2,1H3,(H,14,15). The molecule has 0 aliphatic heterocycles. The van der Waals surface area contributed by atoms with Gasteiger partial charge < -0.3 is 21.5 Å². The molecule has 0 aliphatic rings. The summed E-state index contributed by atoms with van der Waals surface area (Å²) in [5.41, 5.74) is 12.1. The summed E-state index contributed by atoms with van der Waals surface area (Å²) in [6.07, 6.45) is 0.122. The molecule has 0 spiro atoms. The first kappa shape index (κ1) is 12.8. The number of amides is 1. The van der Waals surface area contributed by atoms with Crippen LogP contribution in [0.4, 0.5) is 11.4 Å².